The van der Waals surface area contributed by atoms with Crippen LogP contribution in [-0.2, 0) is 4.79 Å². The number of piperidine rings is 1. The number of carbonyl (C=O) groups is 1. The van der Waals surface area contributed by atoms with Gasteiger partial charge in [-0.15, -0.1) is 10.2 Å². The number of amides is 1. The van der Waals surface area contributed by atoms with E-state index in [1.807, 2.05) is 30.3 Å². The van der Waals surface area contributed by atoms with Crippen LogP contribution in [0.5, 0.6) is 5.88 Å². The zero-order valence-electron chi connectivity index (χ0n) is 17.6. The molecule has 0 aliphatic carbocycles. The summed E-state index contributed by atoms with van der Waals surface area (Å²) in [5.74, 6) is 2.21. The molecule has 1 amide bonds. The number of carbonyl (C=O) groups excluding carboxylic acids is 1. The van der Waals surface area contributed by atoms with Gasteiger partial charge in [0.1, 0.15) is 5.82 Å². The van der Waals surface area contributed by atoms with Gasteiger partial charge in [-0.2, -0.15) is 0 Å². The number of hydrogen-bond donors (Lipinski definition) is 2. The summed E-state index contributed by atoms with van der Waals surface area (Å²) in [7, 11) is 1.57. The molecule has 158 valence electrons. The number of hydrogen-bond acceptors (Lipinski definition) is 6. The molecule has 30 heavy (non-hydrogen) atoms. The molecule has 2 N–H and O–H groups in total. The van der Waals surface area contributed by atoms with Crippen LogP contribution in [0.25, 0.3) is 11.0 Å². The first-order valence-electron chi connectivity index (χ1n) is 10.4. The highest BCUT2D eigenvalue weighted by molar-refractivity contribution is 5.80. The van der Waals surface area contributed by atoms with Crippen molar-refractivity contribution in [3.8, 4) is 5.88 Å². The fraction of sp³-hybridized carbons (Fsp3) is 0.455. The minimum atomic E-state index is -0.166. The summed E-state index contributed by atoms with van der Waals surface area (Å²) >= 11 is 0. The fourth-order valence-corrected chi connectivity index (χ4v) is 3.93. The van der Waals surface area contributed by atoms with Gasteiger partial charge in [0.2, 0.25) is 11.8 Å². The number of para-hydroxylation sites is 2. The molecule has 4 rings (SSSR count). The molecule has 8 nitrogen and oxygen atoms in total. The lowest BCUT2D eigenvalue weighted by atomic mass is 9.95. The number of ether oxygens (including phenoxy) is 1. The molecule has 3 aromatic rings. The summed E-state index contributed by atoms with van der Waals surface area (Å²) in [6, 6.07) is 11.4. The number of H-pyrrole nitrogens is 1. The molecule has 1 fully saturated rings. The summed E-state index contributed by atoms with van der Waals surface area (Å²) in [6.07, 6.45) is 1.79. The van der Waals surface area contributed by atoms with E-state index in [9.17, 15) is 4.79 Å². The predicted molar refractivity (Wildman–Crippen MR) is 115 cm³/mol. The Morgan fingerprint density at radius 3 is 2.77 bits per heavy atom. The summed E-state index contributed by atoms with van der Waals surface area (Å²) in [4.78, 5) is 23.3. The van der Waals surface area contributed by atoms with Crippen LogP contribution in [-0.4, -0.2) is 46.3 Å². The smallest absolute Gasteiger partial charge is 0.233 e. The number of methoxy groups -OCH3 is 1. The van der Waals surface area contributed by atoms with Crippen molar-refractivity contribution in [1.82, 2.24) is 25.5 Å². The topological polar surface area (TPSA) is 96.0 Å². The molecule has 2 aromatic heterocycles. The quantitative estimate of drug-likeness (QED) is 0.651. The van der Waals surface area contributed by atoms with Gasteiger partial charge in [0.25, 0.3) is 0 Å². The molecule has 3 heterocycles. The monoisotopic (exact) mass is 408 g/mol. The minimum absolute atomic E-state index is 0.0559. The molecule has 8 heteroatoms. The van der Waals surface area contributed by atoms with E-state index in [0.29, 0.717) is 12.4 Å². The lowest BCUT2D eigenvalue weighted by Crippen LogP contribution is -2.45. The van der Waals surface area contributed by atoms with E-state index < -0.39 is 0 Å². The molecule has 1 aliphatic rings. The van der Waals surface area contributed by atoms with Crippen LogP contribution < -0.4 is 15.0 Å². The van der Waals surface area contributed by atoms with E-state index in [1.54, 1.807) is 13.2 Å². The molecule has 0 radical (unpaired) electrons. The first kappa shape index (κ1) is 20.1. The van der Waals surface area contributed by atoms with Gasteiger partial charge in [0.05, 0.1) is 30.1 Å². The third-order valence-corrected chi connectivity index (χ3v) is 5.62. The molecule has 2 atom stereocenters. The highest BCUT2D eigenvalue weighted by Gasteiger charge is 2.30. The molecule has 1 aliphatic heterocycles. The molecule has 1 aromatic carbocycles. The van der Waals surface area contributed by atoms with Crippen molar-refractivity contribution in [2.45, 2.75) is 32.7 Å². The summed E-state index contributed by atoms with van der Waals surface area (Å²) < 4.78 is 5.08. The van der Waals surface area contributed by atoms with Crippen molar-refractivity contribution in [3.63, 3.8) is 0 Å². The Labute approximate surface area is 176 Å². The molecule has 0 spiro atoms. The van der Waals surface area contributed by atoms with Crippen LogP contribution in [0.1, 0.15) is 38.6 Å². The van der Waals surface area contributed by atoms with Crippen molar-refractivity contribution in [2.75, 3.05) is 25.1 Å². The van der Waals surface area contributed by atoms with Crippen LogP contribution in [0.15, 0.2) is 36.4 Å². The lowest BCUT2D eigenvalue weighted by molar-refractivity contribution is -0.126. The van der Waals surface area contributed by atoms with Crippen molar-refractivity contribution in [3.05, 3.63) is 42.2 Å². The van der Waals surface area contributed by atoms with Crippen molar-refractivity contribution in [1.29, 1.82) is 0 Å². The first-order valence-corrected chi connectivity index (χ1v) is 10.4. The summed E-state index contributed by atoms with van der Waals surface area (Å²) in [6.45, 7) is 5.68. The Morgan fingerprint density at radius 2 is 2.07 bits per heavy atom. The van der Waals surface area contributed by atoms with E-state index in [1.165, 1.54) is 0 Å². The Balaban J connectivity index is 1.46. The largest absolute Gasteiger partial charge is 0.480 e. The average Bonchev–Trinajstić information content (AvgIpc) is 3.21. The van der Waals surface area contributed by atoms with Gasteiger partial charge < -0.3 is 19.9 Å². The highest BCUT2D eigenvalue weighted by Crippen LogP contribution is 2.26. The van der Waals surface area contributed by atoms with E-state index in [-0.39, 0.29) is 23.8 Å². The number of benzene rings is 1. The van der Waals surface area contributed by atoms with Crippen LogP contribution in [0.3, 0.4) is 0 Å². The van der Waals surface area contributed by atoms with Crippen molar-refractivity contribution < 1.29 is 9.53 Å². The van der Waals surface area contributed by atoms with E-state index in [0.717, 1.165) is 42.1 Å². The molecular weight excluding hydrogens is 380 g/mol. The third-order valence-electron chi connectivity index (χ3n) is 5.62. The summed E-state index contributed by atoms with van der Waals surface area (Å²) in [5.41, 5.74) is 1.89. The van der Waals surface area contributed by atoms with E-state index >= 15 is 0 Å². The Morgan fingerprint density at radius 1 is 1.23 bits per heavy atom. The van der Waals surface area contributed by atoms with Crippen LogP contribution in [0.2, 0.25) is 0 Å². The molecule has 1 saturated heterocycles. The molecule has 0 unspecified atom stereocenters. The second kappa shape index (κ2) is 8.69. The van der Waals surface area contributed by atoms with Gasteiger partial charge in [0, 0.05) is 19.2 Å². The van der Waals surface area contributed by atoms with Gasteiger partial charge in [-0.3, -0.25) is 4.79 Å². The number of anilines is 1. The van der Waals surface area contributed by atoms with E-state index in [4.69, 9.17) is 9.72 Å². The number of rotatable bonds is 6. The second-order valence-corrected chi connectivity index (χ2v) is 8.09. The fourth-order valence-electron chi connectivity index (χ4n) is 3.93. The van der Waals surface area contributed by atoms with Gasteiger partial charge in [-0.25, -0.2) is 4.98 Å². The third kappa shape index (κ3) is 4.22. The zero-order valence-corrected chi connectivity index (χ0v) is 17.6. The SMILES string of the molecule is COc1ccc(N2CCC[C@@H](C(=O)N[C@H](c3nc4ccccc4[nH]3)C(C)C)C2)nn1. The van der Waals surface area contributed by atoms with Gasteiger partial charge >= 0.3 is 0 Å². The van der Waals surface area contributed by atoms with Crippen molar-refractivity contribution >= 4 is 22.8 Å². The lowest BCUT2D eigenvalue weighted by Gasteiger charge is -2.33. The van der Waals surface area contributed by atoms with Gasteiger partial charge in [0.15, 0.2) is 5.82 Å². The number of aromatic amines is 1. The Bertz CT molecular complexity index is 967. The average molecular weight is 409 g/mol. The molecule has 0 saturated carbocycles. The highest BCUT2D eigenvalue weighted by atomic mass is 16.5. The van der Waals surface area contributed by atoms with Gasteiger partial charge in [-0.05, 0) is 37.0 Å². The normalized spacial score (nSPS) is 17.9. The summed E-state index contributed by atoms with van der Waals surface area (Å²) in [5, 5.41) is 11.5. The maximum atomic E-state index is 13.1. The number of fused-ring (bicyclic) bond motifs is 1. The van der Waals surface area contributed by atoms with E-state index in [2.05, 4.69) is 39.2 Å². The molecule has 0 bridgehead atoms. The zero-order chi connectivity index (χ0) is 21.1. The predicted octanol–water partition coefficient (Wildman–Crippen LogP) is 3.09. The number of aromatic nitrogens is 4. The maximum absolute atomic E-state index is 13.1. The van der Waals surface area contributed by atoms with Crippen LogP contribution in [0, 0.1) is 11.8 Å². The number of nitrogens with zero attached hydrogens (tertiary/aromatic N) is 4. The number of nitrogens with one attached hydrogen (secondary N) is 2. The van der Waals surface area contributed by atoms with Gasteiger partial charge in [-0.1, -0.05) is 26.0 Å². The first-order chi connectivity index (χ1) is 14.5. The van der Waals surface area contributed by atoms with Crippen LogP contribution in [0.4, 0.5) is 5.82 Å². The minimum Gasteiger partial charge on any atom is -0.480 e. The maximum Gasteiger partial charge on any atom is 0.233 e. The Kier molecular flexibility index (Phi) is 5.83. The number of imidazole rings is 1. The molecular formula is C22H28N6O2. The second-order valence-electron chi connectivity index (χ2n) is 8.09. The Hall–Kier alpha value is -3.16. The standard InChI is InChI=1S/C22H28N6O2/c1-14(2)20(21-23-16-8-4-5-9-17(16)24-21)25-22(29)15-7-6-12-28(13-15)18-10-11-19(30-3)27-26-18/h4-5,8-11,14-15,20H,6-7,12-13H2,1-3H3,(H,23,24)(H,25,29)/t15-,20+/m1/s1. The van der Waals surface area contributed by atoms with Crippen LogP contribution >= 0.6 is 0 Å². The van der Waals surface area contributed by atoms with Crippen molar-refractivity contribution in [2.24, 2.45) is 11.8 Å².